The normalized spacial score (nSPS) is 11.8. The summed E-state index contributed by atoms with van der Waals surface area (Å²) in [5.74, 6) is -0.883. The first-order valence-corrected chi connectivity index (χ1v) is 7.41. The van der Waals surface area contributed by atoms with E-state index in [4.69, 9.17) is 0 Å². The highest BCUT2D eigenvalue weighted by Crippen LogP contribution is 2.10. The van der Waals surface area contributed by atoms with Crippen LogP contribution in [-0.4, -0.2) is 20.0 Å². The van der Waals surface area contributed by atoms with Crippen LogP contribution in [0.1, 0.15) is 25.0 Å². The van der Waals surface area contributed by atoms with E-state index in [1.165, 1.54) is 0 Å². The van der Waals surface area contributed by atoms with E-state index in [2.05, 4.69) is 0 Å². The number of carbonyl (C=O) groups is 1. The van der Waals surface area contributed by atoms with Crippen LogP contribution in [-0.2, 0) is 20.4 Å². The van der Waals surface area contributed by atoms with Gasteiger partial charge in [-0.1, -0.05) is 43.7 Å². The summed E-state index contributed by atoms with van der Waals surface area (Å²) in [5, 5.41) is 0. The van der Waals surface area contributed by atoms with Crippen LogP contribution in [0, 0.1) is 12.8 Å². The lowest BCUT2D eigenvalue weighted by atomic mass is 10.1. The van der Waals surface area contributed by atoms with Gasteiger partial charge in [-0.2, -0.15) is 0 Å². The van der Waals surface area contributed by atoms with E-state index in [9.17, 15) is 13.2 Å². The summed E-state index contributed by atoms with van der Waals surface area (Å²) in [6.45, 7) is 5.34. The van der Waals surface area contributed by atoms with Crippen molar-refractivity contribution in [3.63, 3.8) is 0 Å². The minimum absolute atomic E-state index is 0.0624. The van der Waals surface area contributed by atoms with Crippen LogP contribution in [0.4, 0.5) is 0 Å². The van der Waals surface area contributed by atoms with Crippen molar-refractivity contribution in [1.82, 2.24) is 0 Å². The second-order valence-corrected chi connectivity index (χ2v) is 6.71. The summed E-state index contributed by atoms with van der Waals surface area (Å²) >= 11 is 0. The Morgan fingerprint density at radius 1 is 1.29 bits per heavy atom. The molecule has 0 saturated carbocycles. The third kappa shape index (κ3) is 4.69. The Hall–Kier alpha value is -1.16. The second-order valence-electron chi connectivity index (χ2n) is 4.64. The monoisotopic (exact) mass is 254 g/mol. The van der Waals surface area contributed by atoms with Gasteiger partial charge in [0.1, 0.15) is 11.5 Å². The summed E-state index contributed by atoms with van der Waals surface area (Å²) in [4.78, 5) is 11.4. The standard InChI is InChI=1S/C13H18O3S/c1-10(2)13(14)9-17(15,16)8-12-6-4-5-11(3)7-12/h4-7,10H,8-9H2,1-3H3. The molecule has 0 fully saturated rings. The molecular formula is C13H18O3S. The molecule has 0 heterocycles. The number of carbonyl (C=O) groups excluding carboxylic acids is 1. The minimum atomic E-state index is -3.35. The van der Waals surface area contributed by atoms with Gasteiger partial charge in [0.25, 0.3) is 0 Å². The first-order chi connectivity index (χ1) is 7.80. The smallest absolute Gasteiger partial charge is 0.161 e. The van der Waals surface area contributed by atoms with Gasteiger partial charge in [0, 0.05) is 5.92 Å². The number of hydrogen-bond acceptors (Lipinski definition) is 3. The van der Waals surface area contributed by atoms with Gasteiger partial charge >= 0.3 is 0 Å². The third-order valence-electron chi connectivity index (χ3n) is 2.48. The number of ketones is 1. The summed E-state index contributed by atoms with van der Waals surface area (Å²) in [7, 11) is -3.35. The Balaban J connectivity index is 2.77. The highest BCUT2D eigenvalue weighted by molar-refractivity contribution is 7.91. The molecule has 4 heteroatoms. The van der Waals surface area contributed by atoms with Gasteiger partial charge in [0.15, 0.2) is 9.84 Å². The summed E-state index contributed by atoms with van der Waals surface area (Å²) < 4.78 is 23.6. The van der Waals surface area contributed by atoms with Gasteiger partial charge in [-0.15, -0.1) is 0 Å². The molecule has 0 amide bonds. The van der Waals surface area contributed by atoms with Gasteiger partial charge in [0.05, 0.1) is 5.75 Å². The van der Waals surface area contributed by atoms with Gasteiger partial charge in [-0.05, 0) is 12.5 Å². The lowest BCUT2D eigenvalue weighted by molar-refractivity contribution is -0.119. The molecule has 0 aliphatic carbocycles. The number of Topliss-reactive ketones (excluding diaryl/α,β-unsaturated/α-hetero) is 1. The number of benzene rings is 1. The van der Waals surface area contributed by atoms with Crippen LogP contribution >= 0.6 is 0 Å². The third-order valence-corrected chi connectivity index (χ3v) is 3.97. The quantitative estimate of drug-likeness (QED) is 0.809. The average molecular weight is 254 g/mol. The van der Waals surface area contributed by atoms with Gasteiger partial charge < -0.3 is 0 Å². The molecule has 0 radical (unpaired) electrons. The Bertz CT molecular complexity index is 501. The van der Waals surface area contributed by atoms with Crippen molar-refractivity contribution >= 4 is 15.6 Å². The predicted octanol–water partition coefficient (Wildman–Crippen LogP) is 2.13. The van der Waals surface area contributed by atoms with E-state index in [1.54, 1.807) is 19.9 Å². The molecule has 0 N–H and O–H groups in total. The maximum atomic E-state index is 11.8. The maximum Gasteiger partial charge on any atom is 0.161 e. The largest absolute Gasteiger partial charge is 0.298 e. The Kier molecular flexibility index (Phi) is 4.46. The van der Waals surface area contributed by atoms with Crippen molar-refractivity contribution in [2.45, 2.75) is 26.5 Å². The fourth-order valence-corrected chi connectivity index (χ4v) is 3.05. The van der Waals surface area contributed by atoms with E-state index < -0.39 is 9.84 Å². The molecule has 0 aliphatic heterocycles. The zero-order chi connectivity index (χ0) is 13.1. The fourth-order valence-electron chi connectivity index (χ4n) is 1.49. The first-order valence-electron chi connectivity index (χ1n) is 5.59. The van der Waals surface area contributed by atoms with E-state index >= 15 is 0 Å². The molecule has 0 saturated heterocycles. The average Bonchev–Trinajstić information content (AvgIpc) is 2.15. The van der Waals surface area contributed by atoms with Crippen LogP contribution in [0.15, 0.2) is 24.3 Å². The van der Waals surface area contributed by atoms with Crippen LogP contribution < -0.4 is 0 Å². The zero-order valence-corrected chi connectivity index (χ0v) is 11.3. The Morgan fingerprint density at radius 2 is 1.94 bits per heavy atom. The molecule has 0 atom stereocenters. The van der Waals surface area contributed by atoms with E-state index in [0.717, 1.165) is 11.1 Å². The molecule has 1 rings (SSSR count). The molecule has 17 heavy (non-hydrogen) atoms. The molecule has 0 spiro atoms. The zero-order valence-electron chi connectivity index (χ0n) is 10.4. The predicted molar refractivity (Wildman–Crippen MR) is 68.5 cm³/mol. The van der Waals surface area contributed by atoms with Crippen molar-refractivity contribution in [3.05, 3.63) is 35.4 Å². The molecule has 3 nitrogen and oxygen atoms in total. The molecule has 94 valence electrons. The summed E-state index contributed by atoms with van der Waals surface area (Å²) in [6.07, 6.45) is 0. The first kappa shape index (κ1) is 13.9. The van der Waals surface area contributed by atoms with Crippen molar-refractivity contribution in [2.24, 2.45) is 5.92 Å². The van der Waals surface area contributed by atoms with Crippen molar-refractivity contribution < 1.29 is 13.2 Å². The molecule has 1 aromatic carbocycles. The highest BCUT2D eigenvalue weighted by Gasteiger charge is 2.19. The molecular weight excluding hydrogens is 236 g/mol. The summed E-state index contributed by atoms with van der Waals surface area (Å²) in [6, 6.07) is 7.33. The number of sulfone groups is 1. The Morgan fingerprint density at radius 3 is 2.47 bits per heavy atom. The van der Waals surface area contributed by atoms with Crippen LogP contribution in [0.2, 0.25) is 0 Å². The summed E-state index contributed by atoms with van der Waals surface area (Å²) in [5.41, 5.74) is 1.76. The van der Waals surface area contributed by atoms with Crippen LogP contribution in [0.3, 0.4) is 0 Å². The molecule has 1 aromatic rings. The van der Waals surface area contributed by atoms with E-state index in [0.29, 0.717) is 0 Å². The number of hydrogen-bond donors (Lipinski definition) is 0. The lowest BCUT2D eigenvalue weighted by Gasteiger charge is -2.06. The fraction of sp³-hybridized carbons (Fsp3) is 0.462. The van der Waals surface area contributed by atoms with Gasteiger partial charge in [-0.25, -0.2) is 8.42 Å². The van der Waals surface area contributed by atoms with Crippen molar-refractivity contribution in [1.29, 1.82) is 0 Å². The highest BCUT2D eigenvalue weighted by atomic mass is 32.2. The van der Waals surface area contributed by atoms with Gasteiger partial charge in [-0.3, -0.25) is 4.79 Å². The van der Waals surface area contributed by atoms with E-state index in [-0.39, 0.29) is 23.2 Å². The molecule has 0 aromatic heterocycles. The van der Waals surface area contributed by atoms with Gasteiger partial charge in [0.2, 0.25) is 0 Å². The topological polar surface area (TPSA) is 51.2 Å². The lowest BCUT2D eigenvalue weighted by Crippen LogP contribution is -2.21. The van der Waals surface area contributed by atoms with Crippen molar-refractivity contribution in [2.75, 3.05) is 5.75 Å². The SMILES string of the molecule is Cc1cccc(CS(=O)(=O)CC(=O)C(C)C)c1. The van der Waals surface area contributed by atoms with Crippen LogP contribution in [0.25, 0.3) is 0 Å². The van der Waals surface area contributed by atoms with Crippen molar-refractivity contribution in [3.8, 4) is 0 Å². The minimum Gasteiger partial charge on any atom is -0.298 e. The maximum absolute atomic E-state index is 11.8. The molecule has 0 bridgehead atoms. The Labute approximate surface area is 103 Å². The molecule has 0 unspecified atom stereocenters. The second kappa shape index (κ2) is 5.45. The van der Waals surface area contributed by atoms with Crippen LogP contribution in [0.5, 0.6) is 0 Å². The number of aryl methyl sites for hydroxylation is 1. The molecule has 0 aliphatic rings. The van der Waals surface area contributed by atoms with E-state index in [1.807, 2.05) is 25.1 Å². The number of rotatable bonds is 5.